The summed E-state index contributed by atoms with van der Waals surface area (Å²) in [6.07, 6.45) is 2.98. The fraction of sp³-hybridized carbons (Fsp3) is 0.0769. The van der Waals surface area contributed by atoms with Crippen molar-refractivity contribution in [3.63, 3.8) is 0 Å². The standard InChI is InChI=1S/C13H10FN3O4/c1-16(8-3-2-4-15-7-8)11-5-9(13(18)19)10(14)6-12(11)17(20)21/h2-7H,1H3,(H,18,19). The zero-order valence-corrected chi connectivity index (χ0v) is 10.9. The summed E-state index contributed by atoms with van der Waals surface area (Å²) in [7, 11) is 1.50. The summed E-state index contributed by atoms with van der Waals surface area (Å²) in [6, 6.07) is 4.80. The Morgan fingerprint density at radius 1 is 1.48 bits per heavy atom. The number of carboxylic acids is 1. The Morgan fingerprint density at radius 3 is 2.71 bits per heavy atom. The van der Waals surface area contributed by atoms with Crippen LogP contribution in [0.3, 0.4) is 0 Å². The van der Waals surface area contributed by atoms with Gasteiger partial charge < -0.3 is 10.0 Å². The van der Waals surface area contributed by atoms with Gasteiger partial charge >= 0.3 is 5.97 Å². The van der Waals surface area contributed by atoms with Gasteiger partial charge in [0.25, 0.3) is 5.69 Å². The van der Waals surface area contributed by atoms with E-state index in [2.05, 4.69) is 4.98 Å². The maximum atomic E-state index is 13.6. The molecule has 0 fully saturated rings. The Kier molecular flexibility index (Phi) is 3.79. The number of halogens is 1. The molecule has 0 spiro atoms. The van der Waals surface area contributed by atoms with Crippen molar-refractivity contribution >= 4 is 23.0 Å². The lowest BCUT2D eigenvalue weighted by Gasteiger charge is -2.19. The largest absolute Gasteiger partial charge is 0.478 e. The molecule has 2 rings (SSSR count). The van der Waals surface area contributed by atoms with E-state index in [1.54, 1.807) is 12.1 Å². The molecule has 1 aromatic carbocycles. The number of carboxylic acid groups (broad SMARTS) is 1. The first-order chi connectivity index (χ1) is 9.91. The third-order valence-corrected chi connectivity index (χ3v) is 2.89. The fourth-order valence-corrected chi connectivity index (χ4v) is 1.82. The van der Waals surface area contributed by atoms with Crippen LogP contribution < -0.4 is 4.90 Å². The summed E-state index contributed by atoms with van der Waals surface area (Å²) in [4.78, 5) is 26.5. The van der Waals surface area contributed by atoms with Crippen LogP contribution in [-0.2, 0) is 0 Å². The summed E-state index contributed by atoms with van der Waals surface area (Å²) in [5.41, 5.74) is -0.689. The zero-order chi connectivity index (χ0) is 15.6. The van der Waals surface area contributed by atoms with Crippen molar-refractivity contribution in [2.45, 2.75) is 0 Å². The molecule has 0 bridgehead atoms. The van der Waals surface area contributed by atoms with Gasteiger partial charge in [0, 0.05) is 13.2 Å². The third-order valence-electron chi connectivity index (χ3n) is 2.89. The highest BCUT2D eigenvalue weighted by molar-refractivity contribution is 5.91. The van der Waals surface area contributed by atoms with Crippen LogP contribution >= 0.6 is 0 Å². The van der Waals surface area contributed by atoms with E-state index in [1.807, 2.05) is 0 Å². The van der Waals surface area contributed by atoms with Crippen molar-refractivity contribution in [1.82, 2.24) is 4.98 Å². The van der Waals surface area contributed by atoms with Gasteiger partial charge in [0.1, 0.15) is 11.5 Å². The molecule has 7 nitrogen and oxygen atoms in total. The topological polar surface area (TPSA) is 96.6 Å². The SMILES string of the molecule is CN(c1cccnc1)c1cc(C(=O)O)c(F)cc1[N+](=O)[O-]. The second kappa shape index (κ2) is 5.53. The monoisotopic (exact) mass is 291 g/mol. The number of anilines is 2. The summed E-state index contributed by atoms with van der Waals surface area (Å²) in [5, 5.41) is 20.0. The minimum absolute atomic E-state index is 0.0354. The zero-order valence-electron chi connectivity index (χ0n) is 10.9. The van der Waals surface area contributed by atoms with Gasteiger partial charge in [-0.05, 0) is 18.2 Å². The molecule has 0 saturated carbocycles. The molecule has 0 aliphatic rings. The lowest BCUT2D eigenvalue weighted by atomic mass is 10.1. The molecule has 0 aliphatic heterocycles. The average molecular weight is 291 g/mol. The fourth-order valence-electron chi connectivity index (χ4n) is 1.82. The van der Waals surface area contributed by atoms with E-state index in [0.717, 1.165) is 6.07 Å². The molecular weight excluding hydrogens is 281 g/mol. The molecule has 0 aliphatic carbocycles. The first kappa shape index (κ1) is 14.4. The van der Waals surface area contributed by atoms with Crippen LogP contribution in [0.2, 0.25) is 0 Å². The maximum absolute atomic E-state index is 13.6. The molecule has 1 aromatic heterocycles. The lowest BCUT2D eigenvalue weighted by Crippen LogP contribution is -2.14. The van der Waals surface area contributed by atoms with E-state index >= 15 is 0 Å². The molecule has 108 valence electrons. The van der Waals surface area contributed by atoms with E-state index in [1.165, 1.54) is 24.3 Å². The van der Waals surface area contributed by atoms with Gasteiger partial charge in [-0.1, -0.05) is 0 Å². The number of hydrogen-bond donors (Lipinski definition) is 1. The second-order valence-electron chi connectivity index (χ2n) is 4.15. The number of rotatable bonds is 4. The minimum Gasteiger partial charge on any atom is -0.478 e. The Hall–Kier alpha value is -3.03. The molecule has 0 atom stereocenters. The Balaban J connectivity index is 2.62. The Morgan fingerprint density at radius 2 is 2.19 bits per heavy atom. The van der Waals surface area contributed by atoms with Crippen LogP contribution in [0.5, 0.6) is 0 Å². The number of hydrogen-bond acceptors (Lipinski definition) is 5. The molecule has 0 saturated heterocycles. The molecule has 21 heavy (non-hydrogen) atoms. The van der Waals surface area contributed by atoms with Crippen LogP contribution in [0.1, 0.15) is 10.4 Å². The van der Waals surface area contributed by atoms with Crippen molar-refractivity contribution in [2.24, 2.45) is 0 Å². The second-order valence-corrected chi connectivity index (χ2v) is 4.15. The number of pyridine rings is 1. The number of nitro groups is 1. The van der Waals surface area contributed by atoms with Crippen LogP contribution in [-0.4, -0.2) is 28.0 Å². The number of carbonyl (C=O) groups is 1. The van der Waals surface area contributed by atoms with Gasteiger partial charge in [-0.15, -0.1) is 0 Å². The smallest absolute Gasteiger partial charge is 0.338 e. The van der Waals surface area contributed by atoms with Gasteiger partial charge in [-0.2, -0.15) is 0 Å². The highest BCUT2D eigenvalue weighted by Crippen LogP contribution is 2.34. The third kappa shape index (κ3) is 2.78. The number of aromatic nitrogens is 1. The van der Waals surface area contributed by atoms with Gasteiger partial charge in [-0.3, -0.25) is 15.1 Å². The molecule has 1 N–H and O–H groups in total. The first-order valence-electron chi connectivity index (χ1n) is 5.77. The van der Waals surface area contributed by atoms with Crippen molar-refractivity contribution in [2.75, 3.05) is 11.9 Å². The molecule has 8 heteroatoms. The molecule has 2 aromatic rings. The highest BCUT2D eigenvalue weighted by Gasteiger charge is 2.24. The number of nitro benzene ring substituents is 1. The van der Waals surface area contributed by atoms with Crippen LogP contribution in [0.15, 0.2) is 36.7 Å². The van der Waals surface area contributed by atoms with Gasteiger partial charge in [0.2, 0.25) is 0 Å². The van der Waals surface area contributed by atoms with E-state index in [9.17, 15) is 19.3 Å². The quantitative estimate of drug-likeness (QED) is 0.687. The first-order valence-corrected chi connectivity index (χ1v) is 5.77. The Labute approximate surface area is 118 Å². The minimum atomic E-state index is -1.50. The van der Waals surface area contributed by atoms with E-state index < -0.39 is 28.0 Å². The molecule has 0 radical (unpaired) electrons. The van der Waals surface area contributed by atoms with E-state index in [-0.39, 0.29) is 5.69 Å². The van der Waals surface area contributed by atoms with Crippen molar-refractivity contribution in [3.8, 4) is 0 Å². The van der Waals surface area contributed by atoms with Crippen molar-refractivity contribution in [3.05, 3.63) is 58.2 Å². The summed E-state index contributed by atoms with van der Waals surface area (Å²) >= 11 is 0. The summed E-state index contributed by atoms with van der Waals surface area (Å²) in [6.45, 7) is 0. The van der Waals surface area contributed by atoms with Gasteiger partial charge in [0.05, 0.1) is 28.4 Å². The summed E-state index contributed by atoms with van der Waals surface area (Å²) in [5.74, 6) is -2.65. The highest BCUT2D eigenvalue weighted by atomic mass is 19.1. The Bertz CT molecular complexity index is 706. The predicted molar refractivity (Wildman–Crippen MR) is 72.3 cm³/mol. The van der Waals surface area contributed by atoms with Crippen molar-refractivity contribution < 1.29 is 19.2 Å². The maximum Gasteiger partial charge on any atom is 0.338 e. The van der Waals surface area contributed by atoms with Gasteiger partial charge in [0.15, 0.2) is 0 Å². The van der Waals surface area contributed by atoms with Crippen LogP contribution in [0.25, 0.3) is 0 Å². The molecule has 0 unspecified atom stereocenters. The number of aromatic carboxylic acids is 1. The van der Waals surface area contributed by atoms with Crippen LogP contribution in [0.4, 0.5) is 21.5 Å². The molecular formula is C13H10FN3O4. The predicted octanol–water partition coefficient (Wildman–Crippen LogP) is 2.60. The van der Waals surface area contributed by atoms with Crippen LogP contribution in [0, 0.1) is 15.9 Å². The number of benzene rings is 1. The lowest BCUT2D eigenvalue weighted by molar-refractivity contribution is -0.384. The van der Waals surface area contributed by atoms with E-state index in [4.69, 9.17) is 5.11 Å². The number of nitrogens with zero attached hydrogens (tertiary/aromatic N) is 3. The van der Waals surface area contributed by atoms with Gasteiger partial charge in [-0.25, -0.2) is 9.18 Å². The summed E-state index contributed by atoms with van der Waals surface area (Å²) < 4.78 is 13.6. The van der Waals surface area contributed by atoms with Crippen molar-refractivity contribution in [1.29, 1.82) is 0 Å². The normalized spacial score (nSPS) is 10.2. The molecule has 0 amide bonds. The molecule has 1 heterocycles. The average Bonchev–Trinajstić information content (AvgIpc) is 2.46. The van der Waals surface area contributed by atoms with E-state index in [0.29, 0.717) is 11.8 Å².